The van der Waals surface area contributed by atoms with Crippen molar-refractivity contribution in [2.24, 2.45) is 0 Å². The van der Waals surface area contributed by atoms with Gasteiger partial charge in [-0.1, -0.05) is 24.3 Å². The number of nitrogens with zero attached hydrogens (tertiary/aromatic N) is 7. The third-order valence-corrected chi connectivity index (χ3v) is 7.63. The van der Waals surface area contributed by atoms with Gasteiger partial charge < -0.3 is 10.1 Å². The summed E-state index contributed by atoms with van der Waals surface area (Å²) in [6, 6.07) is 17.7. The van der Waals surface area contributed by atoms with Crippen LogP contribution < -0.4 is 5.32 Å². The van der Waals surface area contributed by atoms with E-state index in [0.717, 1.165) is 78.3 Å². The summed E-state index contributed by atoms with van der Waals surface area (Å²) < 4.78 is 33.4. The number of aromatic nitrogens is 5. The number of anilines is 2. The molecule has 1 N–H and O–H groups in total. The minimum atomic E-state index is -2.66. The van der Waals surface area contributed by atoms with E-state index in [1.54, 1.807) is 13.2 Å². The second-order valence-corrected chi connectivity index (χ2v) is 10.8. The number of thiol groups is 1. The molecule has 11 nitrogen and oxygen atoms in total. The van der Waals surface area contributed by atoms with Crippen LogP contribution in [0.2, 0.25) is 0 Å². The zero-order valence-electron chi connectivity index (χ0n) is 21.6. The Balaban J connectivity index is 1.23. The molecule has 0 spiro atoms. The monoisotopic (exact) mass is 546 g/mol. The molecule has 2 aromatic carbocycles. The third-order valence-electron chi connectivity index (χ3n) is 6.93. The van der Waals surface area contributed by atoms with Gasteiger partial charge in [0.1, 0.15) is 0 Å². The SMILES string of the molecule is CN(Cc1ccccc1-c1ccc2cnc(Nc3ccc4nn(CCN5CCOCC5)cc4c3)nn12)[SH](=O)=O. The molecule has 0 amide bonds. The summed E-state index contributed by atoms with van der Waals surface area (Å²) in [4.78, 5) is 6.90. The lowest BCUT2D eigenvalue weighted by atomic mass is 10.0. The fourth-order valence-corrected chi connectivity index (χ4v) is 5.11. The second-order valence-electron chi connectivity index (χ2n) is 9.59. The zero-order chi connectivity index (χ0) is 26.8. The summed E-state index contributed by atoms with van der Waals surface area (Å²) in [6.07, 6.45) is 3.84. The highest BCUT2D eigenvalue weighted by molar-refractivity contribution is 7.69. The number of nitrogens with one attached hydrogen (secondary N) is 1. The number of hydrogen-bond donors (Lipinski definition) is 2. The summed E-state index contributed by atoms with van der Waals surface area (Å²) >= 11 is 0. The lowest BCUT2D eigenvalue weighted by Gasteiger charge is -2.26. The van der Waals surface area contributed by atoms with Gasteiger partial charge in [0.25, 0.3) is 0 Å². The van der Waals surface area contributed by atoms with Crippen molar-refractivity contribution >= 4 is 38.9 Å². The molecule has 0 saturated carbocycles. The summed E-state index contributed by atoms with van der Waals surface area (Å²) in [6.45, 7) is 5.57. The van der Waals surface area contributed by atoms with E-state index in [4.69, 9.17) is 14.9 Å². The topological polar surface area (TPSA) is 110 Å². The maximum atomic E-state index is 11.4. The highest BCUT2D eigenvalue weighted by Gasteiger charge is 2.14. The summed E-state index contributed by atoms with van der Waals surface area (Å²) in [5, 5.41) is 13.8. The van der Waals surface area contributed by atoms with Crippen molar-refractivity contribution in [3.8, 4) is 11.3 Å². The molecule has 12 heteroatoms. The quantitative estimate of drug-likeness (QED) is 0.272. The number of rotatable bonds is 9. The van der Waals surface area contributed by atoms with E-state index >= 15 is 0 Å². The highest BCUT2D eigenvalue weighted by atomic mass is 32.2. The average Bonchev–Trinajstić information content (AvgIpc) is 3.56. The molecule has 1 aliphatic rings. The van der Waals surface area contributed by atoms with Crippen LogP contribution in [0.4, 0.5) is 11.6 Å². The van der Waals surface area contributed by atoms with Crippen LogP contribution >= 0.6 is 0 Å². The third kappa shape index (κ3) is 5.64. The van der Waals surface area contributed by atoms with E-state index in [2.05, 4.69) is 21.4 Å². The number of fused-ring (bicyclic) bond motifs is 2. The van der Waals surface area contributed by atoms with Crippen LogP contribution in [-0.4, -0.2) is 81.9 Å². The van der Waals surface area contributed by atoms with E-state index in [9.17, 15) is 8.42 Å². The molecule has 1 saturated heterocycles. The van der Waals surface area contributed by atoms with Crippen molar-refractivity contribution in [1.82, 2.24) is 33.6 Å². The Morgan fingerprint density at radius 2 is 1.87 bits per heavy atom. The van der Waals surface area contributed by atoms with Crippen molar-refractivity contribution in [3.05, 3.63) is 72.6 Å². The Hall–Kier alpha value is -3.84. The zero-order valence-corrected chi connectivity index (χ0v) is 22.5. The van der Waals surface area contributed by atoms with Crippen LogP contribution in [-0.2, 0) is 28.7 Å². The maximum Gasteiger partial charge on any atom is 0.245 e. The van der Waals surface area contributed by atoms with Gasteiger partial charge in [-0.3, -0.25) is 9.58 Å². The Labute approximate surface area is 227 Å². The molecule has 0 bridgehead atoms. The average molecular weight is 547 g/mol. The second kappa shape index (κ2) is 11.1. The van der Waals surface area contributed by atoms with E-state index in [1.165, 1.54) is 4.31 Å². The van der Waals surface area contributed by atoms with Gasteiger partial charge in [-0.25, -0.2) is 22.2 Å². The fraction of sp³-hybridized carbons (Fsp3) is 0.296. The molecule has 5 aromatic rings. The Morgan fingerprint density at radius 1 is 1.03 bits per heavy atom. The normalized spacial score (nSPS) is 14.6. The lowest BCUT2D eigenvalue weighted by molar-refractivity contribution is 0.0360. The van der Waals surface area contributed by atoms with Gasteiger partial charge in [0.2, 0.25) is 16.8 Å². The first kappa shape index (κ1) is 25.4. The predicted octanol–water partition coefficient (Wildman–Crippen LogP) is 2.78. The molecule has 1 fully saturated rings. The number of hydrogen-bond acceptors (Lipinski definition) is 8. The maximum absolute atomic E-state index is 11.4. The molecule has 0 aliphatic carbocycles. The van der Waals surface area contributed by atoms with E-state index in [1.807, 2.05) is 63.8 Å². The summed E-state index contributed by atoms with van der Waals surface area (Å²) in [5.74, 6) is 0.455. The van der Waals surface area contributed by atoms with Crippen LogP contribution in [0.25, 0.3) is 27.7 Å². The van der Waals surface area contributed by atoms with Gasteiger partial charge >= 0.3 is 0 Å². The van der Waals surface area contributed by atoms with Crippen LogP contribution in [0, 0.1) is 0 Å². The molecule has 0 radical (unpaired) electrons. The van der Waals surface area contributed by atoms with Gasteiger partial charge in [0, 0.05) is 56.1 Å². The molecular formula is C27H30N8O3S. The van der Waals surface area contributed by atoms with Crippen molar-refractivity contribution in [2.75, 3.05) is 45.2 Å². The summed E-state index contributed by atoms with van der Waals surface area (Å²) in [5.41, 5.74) is 5.31. The highest BCUT2D eigenvalue weighted by Crippen LogP contribution is 2.27. The minimum absolute atomic E-state index is 0.276. The number of morpholine rings is 1. The largest absolute Gasteiger partial charge is 0.379 e. The molecule has 3 aromatic heterocycles. The van der Waals surface area contributed by atoms with Gasteiger partial charge in [-0.2, -0.15) is 5.10 Å². The first-order valence-corrected chi connectivity index (χ1v) is 14.0. The van der Waals surface area contributed by atoms with Crippen LogP contribution in [0.3, 0.4) is 0 Å². The van der Waals surface area contributed by atoms with Crippen molar-refractivity contribution in [2.45, 2.75) is 13.1 Å². The minimum Gasteiger partial charge on any atom is -0.379 e. The van der Waals surface area contributed by atoms with E-state index < -0.39 is 10.9 Å². The van der Waals surface area contributed by atoms with Crippen LogP contribution in [0.1, 0.15) is 5.56 Å². The molecule has 1 aliphatic heterocycles. The molecule has 202 valence electrons. The van der Waals surface area contributed by atoms with Crippen molar-refractivity contribution in [1.29, 1.82) is 0 Å². The first-order valence-electron chi connectivity index (χ1n) is 12.9. The van der Waals surface area contributed by atoms with Crippen molar-refractivity contribution in [3.63, 3.8) is 0 Å². The molecular weight excluding hydrogens is 516 g/mol. The van der Waals surface area contributed by atoms with Gasteiger partial charge in [-0.05, 0) is 35.9 Å². The van der Waals surface area contributed by atoms with E-state index in [0.29, 0.717) is 5.95 Å². The molecule has 0 atom stereocenters. The molecule has 0 unspecified atom stereocenters. The van der Waals surface area contributed by atoms with Gasteiger partial charge in [-0.15, -0.1) is 5.10 Å². The smallest absolute Gasteiger partial charge is 0.245 e. The van der Waals surface area contributed by atoms with Gasteiger partial charge in [0.05, 0.1) is 42.7 Å². The Bertz CT molecular complexity index is 1680. The van der Waals surface area contributed by atoms with E-state index in [-0.39, 0.29) is 6.54 Å². The first-order chi connectivity index (χ1) is 19.0. The molecule has 39 heavy (non-hydrogen) atoms. The van der Waals surface area contributed by atoms with Gasteiger partial charge in [0.15, 0.2) is 0 Å². The predicted molar refractivity (Wildman–Crippen MR) is 150 cm³/mol. The summed E-state index contributed by atoms with van der Waals surface area (Å²) in [7, 11) is -1.10. The number of ether oxygens (including phenoxy) is 1. The fourth-order valence-electron chi connectivity index (χ4n) is 4.84. The standard InChI is InChI=1S/C27H30N8O3S/c1-32(39(36)37)18-20-4-2-3-5-24(20)26-9-7-23-17-28-27(31-35(23)26)29-22-6-8-25-21(16-22)19-34(30-25)11-10-33-12-14-38-15-13-33/h2-9,16-17,19,39H,10-15,18H2,1H3,(H,29,31). The Morgan fingerprint density at radius 3 is 2.72 bits per heavy atom. The molecule has 6 rings (SSSR count). The van der Waals surface area contributed by atoms with Crippen LogP contribution in [0.15, 0.2) is 67.0 Å². The number of benzene rings is 2. The van der Waals surface area contributed by atoms with Crippen molar-refractivity contribution < 1.29 is 13.2 Å². The molecule has 4 heterocycles. The Kier molecular flexibility index (Phi) is 7.24. The van der Waals surface area contributed by atoms with Crippen LogP contribution in [0.5, 0.6) is 0 Å². The lowest BCUT2D eigenvalue weighted by Crippen LogP contribution is -2.38.